The highest BCUT2D eigenvalue weighted by Crippen LogP contribution is 2.27. The molecule has 6 heteroatoms. The van der Waals surface area contributed by atoms with Crippen LogP contribution in [-0.4, -0.2) is 14.7 Å². The van der Waals surface area contributed by atoms with Crippen molar-refractivity contribution in [1.82, 2.24) is 0 Å². The van der Waals surface area contributed by atoms with Crippen molar-refractivity contribution in [1.29, 1.82) is 0 Å². The van der Waals surface area contributed by atoms with Crippen LogP contribution in [-0.2, 0) is 10.1 Å². The zero-order chi connectivity index (χ0) is 10.1. The highest BCUT2D eigenvalue weighted by atomic mass is 35.5. The minimum absolute atomic E-state index is 0.0864. The van der Waals surface area contributed by atoms with Crippen LogP contribution >= 0.6 is 23.2 Å². The highest BCUT2D eigenvalue weighted by Gasteiger charge is 2.09. The molecule has 0 spiro atoms. The third-order valence-electron chi connectivity index (χ3n) is 1.06. The molecular formula is C7H5Cl2O3S. The van der Waals surface area contributed by atoms with E-state index in [0.29, 0.717) is 0 Å². The van der Waals surface area contributed by atoms with Gasteiger partial charge < -0.3 is 4.18 Å². The first-order valence-electron chi connectivity index (χ1n) is 3.15. The lowest BCUT2D eigenvalue weighted by atomic mass is 10.3. The Morgan fingerprint density at radius 1 is 1.38 bits per heavy atom. The van der Waals surface area contributed by atoms with Crippen LogP contribution < -0.4 is 4.18 Å². The molecule has 0 saturated heterocycles. The fourth-order valence-corrected chi connectivity index (χ4v) is 1.42. The molecule has 0 N–H and O–H groups in total. The number of hydrogen-bond acceptors (Lipinski definition) is 3. The maximum absolute atomic E-state index is 10.7. The molecular weight excluding hydrogens is 235 g/mol. The summed E-state index contributed by atoms with van der Waals surface area (Å²) >= 11 is 11.2. The van der Waals surface area contributed by atoms with E-state index in [4.69, 9.17) is 23.2 Å². The summed E-state index contributed by atoms with van der Waals surface area (Å²) in [4.78, 5) is 0. The quantitative estimate of drug-likeness (QED) is 0.743. The molecule has 3 nitrogen and oxygen atoms in total. The number of rotatable bonds is 2. The van der Waals surface area contributed by atoms with E-state index < -0.39 is 10.1 Å². The lowest BCUT2D eigenvalue weighted by molar-refractivity contribution is 0.492. The lowest BCUT2D eigenvalue weighted by Crippen LogP contribution is -2.06. The largest absolute Gasteiger partial charge is 0.380 e. The van der Waals surface area contributed by atoms with E-state index in [1.165, 1.54) is 12.1 Å². The molecule has 1 radical (unpaired) electrons. The molecule has 0 amide bonds. The Balaban J connectivity index is 3.08. The molecule has 0 fully saturated rings. The van der Waals surface area contributed by atoms with Crippen LogP contribution in [0.4, 0.5) is 0 Å². The minimum Gasteiger partial charge on any atom is -0.380 e. The van der Waals surface area contributed by atoms with Gasteiger partial charge in [-0.15, -0.1) is 0 Å². The van der Waals surface area contributed by atoms with Crippen molar-refractivity contribution >= 4 is 33.3 Å². The fourth-order valence-electron chi connectivity index (χ4n) is 0.644. The Hall–Kier alpha value is -0.450. The molecule has 0 aromatic heterocycles. The third kappa shape index (κ3) is 3.42. The summed E-state index contributed by atoms with van der Waals surface area (Å²) < 4.78 is 26.0. The van der Waals surface area contributed by atoms with Crippen molar-refractivity contribution in [2.24, 2.45) is 0 Å². The summed E-state index contributed by atoms with van der Waals surface area (Å²) in [7, 11) is -3.59. The van der Waals surface area contributed by atoms with Crippen molar-refractivity contribution in [3.8, 4) is 5.75 Å². The van der Waals surface area contributed by atoms with Crippen LogP contribution in [0.25, 0.3) is 0 Å². The molecule has 0 saturated carbocycles. The molecule has 0 aliphatic rings. The SMILES string of the molecule is CS(=O)(=O)Oc1[c]c(Cl)ccc1Cl. The van der Waals surface area contributed by atoms with Gasteiger partial charge in [0.05, 0.1) is 22.4 Å². The van der Waals surface area contributed by atoms with Crippen molar-refractivity contribution in [3.05, 3.63) is 28.2 Å². The molecule has 0 aliphatic carbocycles. The second kappa shape index (κ2) is 3.74. The Morgan fingerprint density at radius 3 is 2.54 bits per heavy atom. The maximum Gasteiger partial charge on any atom is 0.306 e. The van der Waals surface area contributed by atoms with E-state index in [9.17, 15) is 8.42 Å². The van der Waals surface area contributed by atoms with Crippen LogP contribution in [0.1, 0.15) is 0 Å². The van der Waals surface area contributed by atoms with Crippen LogP contribution in [0.15, 0.2) is 12.1 Å². The molecule has 1 aromatic carbocycles. The number of halogens is 2. The van der Waals surface area contributed by atoms with Crippen molar-refractivity contribution in [2.75, 3.05) is 6.26 Å². The first kappa shape index (κ1) is 10.6. The van der Waals surface area contributed by atoms with Crippen LogP contribution in [0.3, 0.4) is 0 Å². The monoisotopic (exact) mass is 239 g/mol. The smallest absolute Gasteiger partial charge is 0.306 e. The van der Waals surface area contributed by atoms with Gasteiger partial charge in [-0.1, -0.05) is 23.2 Å². The van der Waals surface area contributed by atoms with Gasteiger partial charge in [-0.2, -0.15) is 8.42 Å². The predicted molar refractivity (Wildman–Crippen MR) is 50.8 cm³/mol. The summed E-state index contributed by atoms with van der Waals surface area (Å²) in [6, 6.07) is 5.38. The van der Waals surface area contributed by atoms with Crippen molar-refractivity contribution in [2.45, 2.75) is 0 Å². The molecule has 1 rings (SSSR count). The van der Waals surface area contributed by atoms with Crippen LogP contribution in [0.2, 0.25) is 10.0 Å². The topological polar surface area (TPSA) is 43.4 Å². The molecule has 0 atom stereocenters. The maximum atomic E-state index is 10.7. The van der Waals surface area contributed by atoms with Gasteiger partial charge in [-0.25, -0.2) is 0 Å². The minimum atomic E-state index is -3.59. The molecule has 0 heterocycles. The van der Waals surface area contributed by atoms with Gasteiger partial charge in [-0.3, -0.25) is 0 Å². The van der Waals surface area contributed by atoms with E-state index in [2.05, 4.69) is 10.2 Å². The highest BCUT2D eigenvalue weighted by molar-refractivity contribution is 7.86. The van der Waals surface area contributed by atoms with Gasteiger partial charge >= 0.3 is 10.1 Å². The van der Waals surface area contributed by atoms with Crippen LogP contribution in [0, 0.1) is 6.07 Å². The number of hydrogen-bond donors (Lipinski definition) is 0. The lowest BCUT2D eigenvalue weighted by Gasteiger charge is -2.03. The van der Waals surface area contributed by atoms with E-state index in [1.54, 1.807) is 0 Å². The van der Waals surface area contributed by atoms with Gasteiger partial charge in [0.2, 0.25) is 0 Å². The standard InChI is InChI=1S/C7H5Cl2O3S/c1-13(10,11)12-7-4-5(8)2-3-6(7)9/h2-3H,1H3. The Labute approximate surface area is 86.4 Å². The average Bonchev–Trinajstić information content (AvgIpc) is 1.94. The van der Waals surface area contributed by atoms with Gasteiger partial charge in [-0.05, 0) is 12.1 Å². The van der Waals surface area contributed by atoms with Gasteiger partial charge in [0.1, 0.15) is 0 Å². The second-order valence-electron chi connectivity index (χ2n) is 2.27. The summed E-state index contributed by atoms with van der Waals surface area (Å²) in [5.41, 5.74) is 0. The van der Waals surface area contributed by atoms with E-state index in [1.807, 2.05) is 0 Å². The Bertz CT molecular complexity index is 414. The zero-order valence-electron chi connectivity index (χ0n) is 6.54. The molecule has 71 valence electrons. The first-order valence-corrected chi connectivity index (χ1v) is 5.72. The molecule has 0 bridgehead atoms. The first-order chi connectivity index (χ1) is 5.88. The fraction of sp³-hybridized carbons (Fsp3) is 0.143. The normalized spacial score (nSPS) is 11.3. The average molecular weight is 240 g/mol. The number of benzene rings is 1. The van der Waals surface area contributed by atoms with Crippen molar-refractivity contribution in [3.63, 3.8) is 0 Å². The summed E-state index contributed by atoms with van der Waals surface area (Å²) in [5, 5.41) is 0.387. The summed E-state index contributed by atoms with van der Waals surface area (Å²) in [6.07, 6.45) is 0.915. The Morgan fingerprint density at radius 2 is 2.00 bits per heavy atom. The van der Waals surface area contributed by atoms with Gasteiger partial charge in [0, 0.05) is 0 Å². The van der Waals surface area contributed by atoms with Crippen molar-refractivity contribution < 1.29 is 12.6 Å². The van der Waals surface area contributed by atoms with E-state index in [-0.39, 0.29) is 15.8 Å². The molecule has 0 aliphatic heterocycles. The zero-order valence-corrected chi connectivity index (χ0v) is 8.87. The predicted octanol–water partition coefficient (Wildman–Crippen LogP) is 2.13. The summed E-state index contributed by atoms with van der Waals surface area (Å²) in [5.74, 6) is -0.0864. The van der Waals surface area contributed by atoms with E-state index >= 15 is 0 Å². The molecule has 0 unspecified atom stereocenters. The molecule has 1 aromatic rings. The van der Waals surface area contributed by atoms with Gasteiger partial charge in [0.15, 0.2) is 5.75 Å². The van der Waals surface area contributed by atoms with Crippen LogP contribution in [0.5, 0.6) is 5.75 Å². The third-order valence-corrected chi connectivity index (χ3v) is 2.05. The van der Waals surface area contributed by atoms with E-state index in [0.717, 1.165) is 6.26 Å². The second-order valence-corrected chi connectivity index (χ2v) is 4.66. The molecule has 13 heavy (non-hydrogen) atoms. The Kier molecular flexibility index (Phi) is 3.05. The summed E-state index contributed by atoms with van der Waals surface area (Å²) in [6.45, 7) is 0. The van der Waals surface area contributed by atoms with Gasteiger partial charge in [0.25, 0.3) is 0 Å².